The van der Waals surface area contributed by atoms with Crippen LogP contribution < -0.4 is 0 Å². The van der Waals surface area contributed by atoms with Crippen LogP contribution in [0.3, 0.4) is 0 Å². The Bertz CT molecular complexity index is 3430. The van der Waals surface area contributed by atoms with Crippen molar-refractivity contribution in [1.29, 1.82) is 0 Å². The Morgan fingerprint density at radius 3 is 1.42 bits per heavy atom. The lowest BCUT2D eigenvalue weighted by Crippen LogP contribution is -2.14. The van der Waals surface area contributed by atoms with Crippen LogP contribution in [0.15, 0.2) is 217 Å². The summed E-state index contributed by atoms with van der Waals surface area (Å²) in [6.07, 6.45) is 0. The molecule has 11 aromatic rings. The van der Waals surface area contributed by atoms with Crippen molar-refractivity contribution >= 4 is 21.9 Å². The second kappa shape index (κ2) is 15.0. The number of nitrogens with zero attached hydrogens (tertiary/aromatic N) is 3. The van der Waals surface area contributed by atoms with Gasteiger partial charge in [0.25, 0.3) is 0 Å². The van der Waals surface area contributed by atoms with E-state index in [2.05, 4.69) is 202 Å². The molecule has 1 aliphatic rings. The zero-order chi connectivity index (χ0) is 42.8. The zero-order valence-corrected chi connectivity index (χ0v) is 35.5. The third kappa shape index (κ3) is 6.34. The van der Waals surface area contributed by atoms with E-state index in [4.69, 9.17) is 19.4 Å². The van der Waals surface area contributed by atoms with E-state index in [1.807, 2.05) is 24.3 Å². The molecule has 1 aliphatic carbocycles. The maximum absolute atomic E-state index is 6.54. The van der Waals surface area contributed by atoms with Crippen LogP contribution in [0.25, 0.3) is 112 Å². The molecule has 2 heterocycles. The van der Waals surface area contributed by atoms with Gasteiger partial charge in [-0.3, -0.25) is 0 Å². The Morgan fingerprint density at radius 2 is 0.781 bits per heavy atom. The molecule has 0 radical (unpaired) electrons. The van der Waals surface area contributed by atoms with Crippen molar-refractivity contribution in [3.8, 4) is 89.8 Å². The highest BCUT2D eigenvalue weighted by Crippen LogP contribution is 2.52. The van der Waals surface area contributed by atoms with Crippen LogP contribution in [0.1, 0.15) is 25.0 Å². The first-order valence-electron chi connectivity index (χ1n) is 21.8. The number of benzene rings is 9. The van der Waals surface area contributed by atoms with Crippen molar-refractivity contribution in [1.82, 2.24) is 15.0 Å². The summed E-state index contributed by atoms with van der Waals surface area (Å²) in [6.45, 7) is 4.67. The highest BCUT2D eigenvalue weighted by molar-refractivity contribution is 6.13. The molecule has 64 heavy (non-hydrogen) atoms. The van der Waals surface area contributed by atoms with Crippen LogP contribution in [0, 0.1) is 0 Å². The third-order valence-corrected chi connectivity index (χ3v) is 13.0. The number of furan rings is 1. The number of rotatable bonds is 7. The van der Waals surface area contributed by atoms with E-state index in [0.29, 0.717) is 17.5 Å². The van der Waals surface area contributed by atoms with E-state index in [9.17, 15) is 0 Å². The van der Waals surface area contributed by atoms with Gasteiger partial charge in [0, 0.05) is 32.9 Å². The lowest BCUT2D eigenvalue weighted by molar-refractivity contribution is 0.660. The summed E-state index contributed by atoms with van der Waals surface area (Å²) in [5.41, 5.74) is 19.0. The molecule has 4 heteroatoms. The predicted octanol–water partition coefficient (Wildman–Crippen LogP) is 15.7. The lowest BCUT2D eigenvalue weighted by atomic mass is 9.82. The van der Waals surface area contributed by atoms with Crippen LogP contribution >= 0.6 is 0 Å². The molecule has 0 unspecified atom stereocenters. The summed E-state index contributed by atoms with van der Waals surface area (Å²) in [6, 6.07) is 74.9. The zero-order valence-electron chi connectivity index (χ0n) is 35.5. The number of hydrogen-bond acceptors (Lipinski definition) is 4. The molecule has 4 nitrogen and oxygen atoms in total. The molecule has 0 saturated heterocycles. The predicted molar refractivity (Wildman–Crippen MR) is 263 cm³/mol. The van der Waals surface area contributed by atoms with Crippen LogP contribution in [-0.4, -0.2) is 15.0 Å². The molecule has 0 atom stereocenters. The highest BCUT2D eigenvalue weighted by atomic mass is 16.3. The Kier molecular flexibility index (Phi) is 8.80. The SMILES string of the molecule is CC1(C)c2ccccc2-c2c(-c3ccc(-c4ccc5oc6cccc(-c7nc(-c8ccc(-c9ccccc9)cc8)nc(-c8ccc(-c9ccccc9)cc8)n7)c6c5c4)cc3)cccc21. The standard InChI is InChI=1S/C60H41N3O/c1-60(2)51-20-10-9-17-48(51)55-47(18-11-21-52(55)60)43-29-23-42(24-30-43)46-35-36-53-50(37-46)56-49(19-12-22-54(56)64-53)59-62-57(44-31-25-40(26-32-44)38-13-5-3-6-14-38)61-58(63-59)45-33-27-41(28-34-45)39-15-7-4-8-16-39/h3-37H,1-2H3. The van der Waals surface area contributed by atoms with E-state index in [1.165, 1.54) is 33.4 Å². The van der Waals surface area contributed by atoms with E-state index in [-0.39, 0.29) is 5.41 Å². The minimum absolute atomic E-state index is 0.0454. The van der Waals surface area contributed by atoms with Crippen molar-refractivity contribution in [2.24, 2.45) is 0 Å². The Morgan fingerprint density at radius 1 is 0.328 bits per heavy atom. The summed E-state index contributed by atoms with van der Waals surface area (Å²) >= 11 is 0. The first kappa shape index (κ1) is 37.5. The number of fused-ring (bicyclic) bond motifs is 6. The third-order valence-electron chi connectivity index (χ3n) is 13.0. The van der Waals surface area contributed by atoms with E-state index in [0.717, 1.165) is 72.0 Å². The summed E-state index contributed by atoms with van der Waals surface area (Å²) in [4.78, 5) is 15.5. The molecular formula is C60H41N3O. The molecule has 0 aliphatic heterocycles. The lowest BCUT2D eigenvalue weighted by Gasteiger charge is -2.21. The van der Waals surface area contributed by atoms with Gasteiger partial charge in [-0.1, -0.05) is 208 Å². The van der Waals surface area contributed by atoms with Crippen molar-refractivity contribution < 1.29 is 4.42 Å². The fourth-order valence-electron chi connectivity index (χ4n) is 9.67. The molecule has 0 N–H and O–H groups in total. The van der Waals surface area contributed by atoms with Crippen molar-refractivity contribution in [3.63, 3.8) is 0 Å². The maximum Gasteiger partial charge on any atom is 0.164 e. The molecule has 0 saturated carbocycles. The van der Waals surface area contributed by atoms with Gasteiger partial charge in [0.1, 0.15) is 11.2 Å². The average molecular weight is 820 g/mol. The van der Waals surface area contributed by atoms with Gasteiger partial charge in [0.15, 0.2) is 17.5 Å². The largest absolute Gasteiger partial charge is 0.456 e. The second-order valence-corrected chi connectivity index (χ2v) is 17.2. The van der Waals surface area contributed by atoms with Crippen LogP contribution in [0.2, 0.25) is 0 Å². The van der Waals surface area contributed by atoms with Gasteiger partial charge in [-0.05, 0) is 85.0 Å². The topological polar surface area (TPSA) is 51.8 Å². The molecule has 0 amide bonds. The molecule has 0 fully saturated rings. The summed E-state index contributed by atoms with van der Waals surface area (Å²) in [7, 11) is 0. The maximum atomic E-state index is 6.54. The molecule has 12 rings (SSSR count). The Balaban J connectivity index is 0.954. The molecule has 0 spiro atoms. The van der Waals surface area contributed by atoms with Gasteiger partial charge < -0.3 is 4.42 Å². The normalized spacial score (nSPS) is 12.7. The summed E-state index contributed by atoms with van der Waals surface area (Å²) in [5, 5.41) is 1.98. The number of hydrogen-bond donors (Lipinski definition) is 0. The molecule has 2 aromatic heterocycles. The minimum atomic E-state index is -0.0454. The second-order valence-electron chi connectivity index (χ2n) is 17.2. The summed E-state index contributed by atoms with van der Waals surface area (Å²) in [5.74, 6) is 1.80. The highest BCUT2D eigenvalue weighted by Gasteiger charge is 2.36. The van der Waals surface area contributed by atoms with Gasteiger partial charge in [-0.2, -0.15) is 0 Å². The van der Waals surface area contributed by atoms with Crippen LogP contribution in [0.5, 0.6) is 0 Å². The van der Waals surface area contributed by atoms with E-state index >= 15 is 0 Å². The van der Waals surface area contributed by atoms with Gasteiger partial charge in [-0.25, -0.2) is 15.0 Å². The fraction of sp³-hybridized carbons (Fsp3) is 0.0500. The quantitative estimate of drug-likeness (QED) is 0.161. The van der Waals surface area contributed by atoms with Gasteiger partial charge in [-0.15, -0.1) is 0 Å². The van der Waals surface area contributed by atoms with Gasteiger partial charge in [0.05, 0.1) is 0 Å². The Labute approximate surface area is 372 Å². The van der Waals surface area contributed by atoms with E-state index in [1.54, 1.807) is 0 Å². The minimum Gasteiger partial charge on any atom is -0.456 e. The molecule has 9 aromatic carbocycles. The smallest absolute Gasteiger partial charge is 0.164 e. The molecule has 302 valence electrons. The fourth-order valence-corrected chi connectivity index (χ4v) is 9.67. The van der Waals surface area contributed by atoms with Crippen molar-refractivity contribution in [2.45, 2.75) is 19.3 Å². The first-order chi connectivity index (χ1) is 31.5. The average Bonchev–Trinajstić information content (AvgIpc) is 3.86. The first-order valence-corrected chi connectivity index (χ1v) is 21.8. The number of aromatic nitrogens is 3. The molecule has 0 bridgehead atoms. The van der Waals surface area contributed by atoms with Crippen LogP contribution in [0.4, 0.5) is 0 Å². The molecular weight excluding hydrogens is 779 g/mol. The van der Waals surface area contributed by atoms with Crippen molar-refractivity contribution in [3.05, 3.63) is 223 Å². The van der Waals surface area contributed by atoms with Gasteiger partial charge in [0.2, 0.25) is 0 Å². The van der Waals surface area contributed by atoms with E-state index < -0.39 is 0 Å². The van der Waals surface area contributed by atoms with Crippen LogP contribution in [-0.2, 0) is 5.41 Å². The van der Waals surface area contributed by atoms with Gasteiger partial charge >= 0.3 is 0 Å². The van der Waals surface area contributed by atoms with Crippen molar-refractivity contribution in [2.75, 3.05) is 0 Å². The summed E-state index contributed by atoms with van der Waals surface area (Å²) < 4.78 is 6.54. The monoisotopic (exact) mass is 819 g/mol. The Hall–Kier alpha value is -8.21.